The molecule has 0 saturated heterocycles. The molecule has 0 aliphatic heterocycles. The van der Waals surface area contributed by atoms with Crippen LogP contribution in [0.5, 0.6) is 0 Å². The Labute approximate surface area is 123 Å². The van der Waals surface area contributed by atoms with Gasteiger partial charge in [-0.3, -0.25) is 0 Å². The van der Waals surface area contributed by atoms with Crippen LogP contribution in [0.2, 0.25) is 0 Å². The second-order valence-electron chi connectivity index (χ2n) is 6.37. The number of aryl methyl sites for hydroxylation is 3. The highest BCUT2D eigenvalue weighted by Gasteiger charge is 2.17. The van der Waals surface area contributed by atoms with Crippen LogP contribution in [0.15, 0.2) is 12.1 Å². The molecule has 1 fully saturated rings. The maximum absolute atomic E-state index is 6.38. The van der Waals surface area contributed by atoms with Crippen molar-refractivity contribution >= 4 is 0 Å². The highest BCUT2D eigenvalue weighted by molar-refractivity contribution is 5.39. The smallest absolute Gasteiger partial charge is 0.0663 e. The highest BCUT2D eigenvalue weighted by Crippen LogP contribution is 2.25. The van der Waals surface area contributed by atoms with E-state index in [4.69, 9.17) is 10.5 Å². The van der Waals surface area contributed by atoms with Crippen molar-refractivity contribution in [1.82, 2.24) is 0 Å². The molecule has 1 saturated carbocycles. The molecule has 0 spiro atoms. The van der Waals surface area contributed by atoms with Gasteiger partial charge in [0.1, 0.15) is 0 Å². The molecule has 2 rings (SSSR count). The third-order valence-corrected chi connectivity index (χ3v) is 4.42. The Hall–Kier alpha value is -0.860. The molecule has 1 aromatic carbocycles. The Morgan fingerprint density at radius 3 is 2.15 bits per heavy atom. The summed E-state index contributed by atoms with van der Waals surface area (Å²) < 4.78 is 6.09. The second-order valence-corrected chi connectivity index (χ2v) is 6.37. The molecular formula is C18H29NO. The summed E-state index contributed by atoms with van der Waals surface area (Å²) >= 11 is 0. The Kier molecular flexibility index (Phi) is 5.62. The molecule has 1 aliphatic rings. The average Bonchev–Trinajstić information content (AvgIpc) is 2.63. The van der Waals surface area contributed by atoms with Crippen molar-refractivity contribution in [3.8, 4) is 0 Å². The lowest BCUT2D eigenvalue weighted by atomic mass is 9.95. The second kappa shape index (κ2) is 7.24. The van der Waals surface area contributed by atoms with E-state index in [0.29, 0.717) is 12.7 Å². The Bertz CT molecular complexity index is 410. The first-order valence-electron chi connectivity index (χ1n) is 8.03. The van der Waals surface area contributed by atoms with E-state index in [1.807, 2.05) is 0 Å². The van der Waals surface area contributed by atoms with Crippen LogP contribution in [-0.4, -0.2) is 12.7 Å². The number of ether oxygens (including phenoxy) is 1. The fourth-order valence-electron chi connectivity index (χ4n) is 3.51. The summed E-state index contributed by atoms with van der Waals surface area (Å²) in [6, 6.07) is 4.43. The van der Waals surface area contributed by atoms with Gasteiger partial charge in [-0.2, -0.15) is 0 Å². The number of rotatable bonds is 4. The van der Waals surface area contributed by atoms with Gasteiger partial charge < -0.3 is 10.5 Å². The summed E-state index contributed by atoms with van der Waals surface area (Å²) in [5.74, 6) is 0. The minimum atomic E-state index is -0.00106. The molecule has 1 aliphatic carbocycles. The molecule has 0 radical (unpaired) electrons. The summed E-state index contributed by atoms with van der Waals surface area (Å²) in [5, 5.41) is 0. The lowest BCUT2D eigenvalue weighted by molar-refractivity contribution is 0.0344. The largest absolute Gasteiger partial charge is 0.376 e. The molecule has 2 nitrogen and oxygen atoms in total. The molecule has 2 N–H and O–H groups in total. The van der Waals surface area contributed by atoms with Crippen LogP contribution in [0.25, 0.3) is 0 Å². The van der Waals surface area contributed by atoms with E-state index < -0.39 is 0 Å². The highest BCUT2D eigenvalue weighted by atomic mass is 16.5. The van der Waals surface area contributed by atoms with E-state index in [1.165, 1.54) is 60.8 Å². The summed E-state index contributed by atoms with van der Waals surface area (Å²) in [6.07, 6.45) is 8.18. The molecule has 1 atom stereocenters. The first kappa shape index (κ1) is 15.5. The van der Waals surface area contributed by atoms with Crippen LogP contribution in [0.1, 0.15) is 66.8 Å². The average molecular weight is 275 g/mol. The predicted octanol–water partition coefficient (Wildman–Crippen LogP) is 4.35. The first-order chi connectivity index (χ1) is 9.58. The third kappa shape index (κ3) is 4.07. The maximum Gasteiger partial charge on any atom is 0.0663 e. The minimum Gasteiger partial charge on any atom is -0.376 e. The summed E-state index contributed by atoms with van der Waals surface area (Å²) in [4.78, 5) is 0. The van der Waals surface area contributed by atoms with E-state index in [0.717, 1.165) is 0 Å². The van der Waals surface area contributed by atoms with Gasteiger partial charge in [0.15, 0.2) is 0 Å². The van der Waals surface area contributed by atoms with Gasteiger partial charge in [0.25, 0.3) is 0 Å². The SMILES string of the molecule is Cc1cc(C)c(C(N)COC2CCCCCC2)c(C)c1. The fraction of sp³-hybridized carbons (Fsp3) is 0.667. The number of nitrogens with two attached hydrogens (primary N) is 1. The third-order valence-electron chi connectivity index (χ3n) is 4.42. The van der Waals surface area contributed by atoms with Crippen LogP contribution in [0, 0.1) is 20.8 Å². The molecule has 1 unspecified atom stereocenters. The lowest BCUT2D eigenvalue weighted by Crippen LogP contribution is -2.23. The van der Waals surface area contributed by atoms with E-state index in [-0.39, 0.29) is 6.04 Å². The van der Waals surface area contributed by atoms with Gasteiger partial charge in [0.2, 0.25) is 0 Å². The van der Waals surface area contributed by atoms with Crippen molar-refractivity contribution < 1.29 is 4.74 Å². The van der Waals surface area contributed by atoms with Crippen molar-refractivity contribution in [3.05, 3.63) is 34.4 Å². The number of hydrogen-bond acceptors (Lipinski definition) is 2. The van der Waals surface area contributed by atoms with E-state index in [2.05, 4.69) is 32.9 Å². The van der Waals surface area contributed by atoms with Crippen molar-refractivity contribution in [1.29, 1.82) is 0 Å². The Morgan fingerprint density at radius 2 is 1.60 bits per heavy atom. The van der Waals surface area contributed by atoms with Crippen molar-refractivity contribution in [2.24, 2.45) is 5.73 Å². The maximum atomic E-state index is 6.38. The zero-order valence-electron chi connectivity index (χ0n) is 13.2. The zero-order valence-corrected chi connectivity index (χ0v) is 13.2. The predicted molar refractivity (Wildman–Crippen MR) is 85.0 cm³/mol. The molecule has 0 amide bonds. The van der Waals surface area contributed by atoms with Gasteiger partial charge in [-0.1, -0.05) is 43.4 Å². The Balaban J connectivity index is 1.96. The van der Waals surface area contributed by atoms with Gasteiger partial charge >= 0.3 is 0 Å². The molecule has 20 heavy (non-hydrogen) atoms. The summed E-state index contributed by atoms with van der Waals surface area (Å²) in [7, 11) is 0. The van der Waals surface area contributed by atoms with Crippen molar-refractivity contribution in [3.63, 3.8) is 0 Å². The molecule has 1 aromatic rings. The van der Waals surface area contributed by atoms with E-state index in [9.17, 15) is 0 Å². The Morgan fingerprint density at radius 1 is 1.05 bits per heavy atom. The van der Waals surface area contributed by atoms with Gasteiger partial charge in [-0.05, 0) is 50.3 Å². The van der Waals surface area contributed by atoms with Crippen molar-refractivity contribution in [2.75, 3.05) is 6.61 Å². The molecule has 0 bridgehead atoms. The van der Waals surface area contributed by atoms with E-state index in [1.54, 1.807) is 0 Å². The molecule has 0 aromatic heterocycles. The monoisotopic (exact) mass is 275 g/mol. The van der Waals surface area contributed by atoms with Gasteiger partial charge in [-0.25, -0.2) is 0 Å². The number of benzene rings is 1. The molecule has 0 heterocycles. The quantitative estimate of drug-likeness (QED) is 0.829. The topological polar surface area (TPSA) is 35.2 Å². The van der Waals surface area contributed by atoms with Crippen LogP contribution >= 0.6 is 0 Å². The van der Waals surface area contributed by atoms with E-state index >= 15 is 0 Å². The fourth-order valence-corrected chi connectivity index (χ4v) is 3.51. The minimum absolute atomic E-state index is 0.00106. The lowest BCUT2D eigenvalue weighted by Gasteiger charge is -2.22. The van der Waals surface area contributed by atoms with Crippen LogP contribution in [0.4, 0.5) is 0 Å². The molecule has 112 valence electrons. The van der Waals surface area contributed by atoms with Gasteiger partial charge in [0, 0.05) is 0 Å². The first-order valence-corrected chi connectivity index (χ1v) is 8.03. The summed E-state index contributed by atoms with van der Waals surface area (Å²) in [6.45, 7) is 7.09. The van der Waals surface area contributed by atoms with Crippen LogP contribution in [-0.2, 0) is 4.74 Å². The van der Waals surface area contributed by atoms with Gasteiger partial charge in [-0.15, -0.1) is 0 Å². The standard InChI is InChI=1S/C18H29NO/c1-13-10-14(2)18(15(3)11-13)17(19)12-20-16-8-6-4-5-7-9-16/h10-11,16-17H,4-9,12,19H2,1-3H3. The molecular weight excluding hydrogens is 246 g/mol. The van der Waals surface area contributed by atoms with Crippen LogP contribution in [0.3, 0.4) is 0 Å². The normalized spacial score (nSPS) is 18.8. The summed E-state index contributed by atoms with van der Waals surface area (Å²) in [5.41, 5.74) is 11.5. The van der Waals surface area contributed by atoms with Gasteiger partial charge in [0.05, 0.1) is 18.8 Å². The zero-order chi connectivity index (χ0) is 14.5. The van der Waals surface area contributed by atoms with Crippen molar-refractivity contribution in [2.45, 2.75) is 71.4 Å². The van der Waals surface area contributed by atoms with Crippen LogP contribution < -0.4 is 5.73 Å². The molecule has 2 heteroatoms. The number of hydrogen-bond donors (Lipinski definition) is 1.